The minimum Gasteiger partial charge on any atom is -0.494 e. The van der Waals surface area contributed by atoms with E-state index in [4.69, 9.17) is 9.15 Å². The van der Waals surface area contributed by atoms with Crippen molar-refractivity contribution in [1.29, 1.82) is 0 Å². The molecule has 0 bridgehead atoms. The zero-order valence-electron chi connectivity index (χ0n) is 14.8. The van der Waals surface area contributed by atoms with E-state index >= 15 is 0 Å². The minimum absolute atomic E-state index is 0.254. The molecular formula is C18H23N3O4. The monoisotopic (exact) mass is 345 g/mol. The number of ether oxygens (including phenoxy) is 1. The van der Waals surface area contributed by atoms with Crippen molar-refractivity contribution in [2.45, 2.75) is 33.7 Å². The van der Waals surface area contributed by atoms with E-state index in [0.717, 1.165) is 11.3 Å². The van der Waals surface area contributed by atoms with Crippen LogP contribution in [0.25, 0.3) is 0 Å². The van der Waals surface area contributed by atoms with Crippen molar-refractivity contribution >= 4 is 11.9 Å². The first-order valence-electron chi connectivity index (χ1n) is 8.07. The van der Waals surface area contributed by atoms with Crippen LogP contribution in [0.5, 0.6) is 5.75 Å². The van der Waals surface area contributed by atoms with Gasteiger partial charge in [0, 0.05) is 0 Å². The van der Waals surface area contributed by atoms with Gasteiger partial charge in [-0.1, -0.05) is 12.1 Å². The molecule has 0 aliphatic heterocycles. The highest BCUT2D eigenvalue weighted by Gasteiger charge is 2.15. The maximum atomic E-state index is 12.0. The highest BCUT2D eigenvalue weighted by molar-refractivity contribution is 5.96. The smallest absolute Gasteiger partial charge is 0.333 e. The normalized spacial score (nSPS) is 11.5. The first-order chi connectivity index (χ1) is 11.9. The van der Waals surface area contributed by atoms with E-state index in [9.17, 15) is 9.59 Å². The number of hydrazine groups is 1. The van der Waals surface area contributed by atoms with Crippen molar-refractivity contribution < 1.29 is 18.7 Å². The van der Waals surface area contributed by atoms with Crippen molar-refractivity contribution in [3.05, 3.63) is 53.0 Å². The largest absolute Gasteiger partial charge is 0.494 e. The molecule has 7 heteroatoms. The van der Waals surface area contributed by atoms with Crippen LogP contribution in [0, 0.1) is 13.8 Å². The fourth-order valence-electron chi connectivity index (χ4n) is 2.39. The Bertz CT molecular complexity index is 755. The van der Waals surface area contributed by atoms with Gasteiger partial charge in [-0.25, -0.2) is 10.2 Å². The number of benzene rings is 1. The molecule has 3 N–H and O–H groups in total. The molecule has 0 aliphatic rings. The number of nitrogens with one attached hydrogen (secondary N) is 3. The molecule has 1 unspecified atom stereocenters. The molecule has 25 heavy (non-hydrogen) atoms. The summed E-state index contributed by atoms with van der Waals surface area (Å²) in [6.07, 6.45) is 0. The Morgan fingerprint density at radius 2 is 1.96 bits per heavy atom. The first-order valence-corrected chi connectivity index (χ1v) is 8.07. The average Bonchev–Trinajstić information content (AvgIpc) is 2.91. The number of aryl methyl sites for hydroxylation is 2. The molecule has 0 fully saturated rings. The summed E-state index contributed by atoms with van der Waals surface area (Å²) in [5.41, 5.74) is 5.97. The van der Waals surface area contributed by atoms with Crippen molar-refractivity contribution in [2.75, 3.05) is 6.61 Å². The number of hydrogen-bond acceptors (Lipinski definition) is 4. The molecule has 0 aliphatic carbocycles. The van der Waals surface area contributed by atoms with Gasteiger partial charge in [-0.05, 0) is 51.5 Å². The van der Waals surface area contributed by atoms with Crippen LogP contribution in [-0.4, -0.2) is 18.5 Å². The lowest BCUT2D eigenvalue weighted by atomic mass is 10.1. The van der Waals surface area contributed by atoms with E-state index in [1.807, 2.05) is 38.1 Å². The summed E-state index contributed by atoms with van der Waals surface area (Å²) in [6, 6.07) is 8.33. The van der Waals surface area contributed by atoms with E-state index in [1.165, 1.54) is 0 Å². The van der Waals surface area contributed by atoms with Gasteiger partial charge in [0.1, 0.15) is 17.3 Å². The van der Waals surface area contributed by atoms with Gasteiger partial charge in [0.25, 0.3) is 5.91 Å². The fraction of sp³-hybridized carbons (Fsp3) is 0.333. The maximum absolute atomic E-state index is 12.0. The van der Waals surface area contributed by atoms with Gasteiger partial charge in [-0.3, -0.25) is 10.2 Å². The number of hydrogen-bond donors (Lipinski definition) is 3. The van der Waals surface area contributed by atoms with Crippen LogP contribution in [-0.2, 0) is 0 Å². The van der Waals surface area contributed by atoms with Gasteiger partial charge in [-0.15, -0.1) is 0 Å². The first kappa shape index (κ1) is 18.4. The molecule has 0 saturated carbocycles. The molecular weight excluding hydrogens is 322 g/mol. The predicted molar refractivity (Wildman–Crippen MR) is 93.3 cm³/mol. The van der Waals surface area contributed by atoms with Gasteiger partial charge in [0.05, 0.1) is 18.2 Å². The lowest BCUT2D eigenvalue weighted by molar-refractivity contribution is 0.0934. The molecule has 1 atom stereocenters. The second-order valence-electron chi connectivity index (χ2n) is 5.61. The summed E-state index contributed by atoms with van der Waals surface area (Å²) in [5.74, 6) is 1.44. The molecule has 3 amide bonds. The summed E-state index contributed by atoms with van der Waals surface area (Å²) in [7, 11) is 0. The fourth-order valence-corrected chi connectivity index (χ4v) is 2.39. The molecule has 1 heterocycles. The highest BCUT2D eigenvalue weighted by Crippen LogP contribution is 2.19. The second kappa shape index (κ2) is 8.23. The number of carbonyl (C=O) groups is 2. The molecule has 0 radical (unpaired) electrons. The summed E-state index contributed by atoms with van der Waals surface area (Å²) < 4.78 is 10.7. The Balaban J connectivity index is 1.88. The zero-order valence-corrected chi connectivity index (χ0v) is 14.8. The van der Waals surface area contributed by atoms with Gasteiger partial charge in [0.15, 0.2) is 0 Å². The van der Waals surface area contributed by atoms with E-state index in [1.54, 1.807) is 19.9 Å². The number of carbonyl (C=O) groups excluding carboxylic acids is 2. The summed E-state index contributed by atoms with van der Waals surface area (Å²) in [5, 5.41) is 2.75. The third-order valence-corrected chi connectivity index (χ3v) is 3.59. The van der Waals surface area contributed by atoms with Crippen molar-refractivity contribution in [2.24, 2.45) is 0 Å². The van der Waals surface area contributed by atoms with E-state index in [2.05, 4.69) is 16.2 Å². The summed E-state index contributed by atoms with van der Waals surface area (Å²) in [6.45, 7) is 7.77. The lowest BCUT2D eigenvalue weighted by Crippen LogP contribution is -2.47. The molecule has 0 saturated heterocycles. The number of amides is 3. The van der Waals surface area contributed by atoms with E-state index in [0.29, 0.717) is 23.7 Å². The Morgan fingerprint density at radius 3 is 2.60 bits per heavy atom. The van der Waals surface area contributed by atoms with Crippen LogP contribution in [0.4, 0.5) is 4.79 Å². The SMILES string of the molecule is CCOc1cccc(C(C)NC(=O)NNC(=O)c2cc(C)oc2C)c1. The third kappa shape index (κ3) is 5.00. The van der Waals surface area contributed by atoms with Gasteiger partial charge >= 0.3 is 6.03 Å². The Kier molecular flexibility index (Phi) is 6.05. The summed E-state index contributed by atoms with van der Waals surface area (Å²) >= 11 is 0. The average molecular weight is 345 g/mol. The Hall–Kier alpha value is -2.96. The molecule has 1 aromatic carbocycles. The molecule has 7 nitrogen and oxygen atoms in total. The standard InChI is InChI=1S/C18H23N3O4/c1-5-24-15-8-6-7-14(10-15)12(3)19-18(23)21-20-17(22)16-9-11(2)25-13(16)4/h6-10,12H,5H2,1-4H3,(H,20,22)(H2,19,21,23). The summed E-state index contributed by atoms with van der Waals surface area (Å²) in [4.78, 5) is 24.0. The molecule has 2 aromatic rings. The maximum Gasteiger partial charge on any atom is 0.333 e. The predicted octanol–water partition coefficient (Wildman–Crippen LogP) is 3.00. The van der Waals surface area contributed by atoms with Gasteiger partial charge in [0.2, 0.25) is 0 Å². The molecule has 0 spiro atoms. The van der Waals surface area contributed by atoms with Crippen LogP contribution >= 0.6 is 0 Å². The van der Waals surface area contributed by atoms with E-state index in [-0.39, 0.29) is 6.04 Å². The van der Waals surface area contributed by atoms with Gasteiger partial charge < -0.3 is 14.5 Å². The molecule has 2 rings (SSSR count). The van der Waals surface area contributed by atoms with Gasteiger partial charge in [-0.2, -0.15) is 0 Å². The van der Waals surface area contributed by atoms with Crippen LogP contribution in [0.2, 0.25) is 0 Å². The topological polar surface area (TPSA) is 92.6 Å². The number of rotatable bonds is 5. The van der Waals surface area contributed by atoms with Crippen LogP contribution in [0.3, 0.4) is 0 Å². The molecule has 134 valence electrons. The Labute approximate surface area is 146 Å². The van der Waals surface area contributed by atoms with E-state index < -0.39 is 11.9 Å². The number of furan rings is 1. The highest BCUT2D eigenvalue weighted by atomic mass is 16.5. The quantitative estimate of drug-likeness (QED) is 0.726. The van der Waals surface area contributed by atoms with Crippen molar-refractivity contribution in [1.82, 2.24) is 16.2 Å². The second-order valence-corrected chi connectivity index (χ2v) is 5.61. The Morgan fingerprint density at radius 1 is 1.20 bits per heavy atom. The van der Waals surface area contributed by atoms with Crippen LogP contribution in [0.15, 0.2) is 34.7 Å². The van der Waals surface area contributed by atoms with Crippen molar-refractivity contribution in [3.63, 3.8) is 0 Å². The van der Waals surface area contributed by atoms with Crippen molar-refractivity contribution in [3.8, 4) is 5.75 Å². The lowest BCUT2D eigenvalue weighted by Gasteiger charge is -2.16. The zero-order chi connectivity index (χ0) is 18.4. The van der Waals surface area contributed by atoms with Crippen LogP contribution in [0.1, 0.15) is 47.3 Å². The minimum atomic E-state index is -0.513. The van der Waals surface area contributed by atoms with Crippen LogP contribution < -0.4 is 20.9 Å². The number of urea groups is 1. The molecule has 1 aromatic heterocycles. The third-order valence-electron chi connectivity index (χ3n) is 3.59.